The molecule has 1 fully saturated rings. The Labute approximate surface area is 352 Å². The Morgan fingerprint density at radius 3 is 2.22 bits per heavy atom. The van der Waals surface area contributed by atoms with E-state index in [2.05, 4.69) is 41.3 Å². The molecule has 2 amide bonds. The molecule has 2 unspecified atom stereocenters. The number of unbranched alkanes of at least 4 members (excludes halogenated alkanes) is 9. The Kier molecular flexibility index (Phi) is 21.5. The number of nitrogens with one attached hydrogen (secondary N) is 2. The molecule has 10 N–H and O–H groups in total. The minimum atomic E-state index is -5.55. The highest BCUT2D eigenvalue weighted by molar-refractivity contribution is 7.99. The third kappa shape index (κ3) is 17.9. The van der Waals surface area contributed by atoms with E-state index in [1.165, 1.54) is 71.6 Å². The van der Waals surface area contributed by atoms with Crippen LogP contribution in [0, 0.1) is 5.41 Å². The number of carbonyl (C=O) groups excluding carboxylic acids is 2. The molecule has 1 aliphatic heterocycles. The van der Waals surface area contributed by atoms with Crippen molar-refractivity contribution in [1.29, 1.82) is 0 Å². The summed E-state index contributed by atoms with van der Waals surface area (Å²) in [6.45, 7) is 3.19. The molecule has 0 radical (unpaired) electrons. The van der Waals surface area contributed by atoms with E-state index in [0.717, 1.165) is 35.1 Å². The van der Waals surface area contributed by atoms with Gasteiger partial charge < -0.3 is 50.9 Å². The first-order valence-electron chi connectivity index (χ1n) is 19.6. The Hall–Kier alpha value is -2.11. The van der Waals surface area contributed by atoms with E-state index in [1.807, 2.05) is 0 Å². The highest BCUT2D eigenvalue weighted by Crippen LogP contribution is 2.61. The second-order valence-electron chi connectivity index (χ2n) is 14.9. The molecule has 1 saturated heterocycles. The van der Waals surface area contributed by atoms with Crippen molar-refractivity contribution >= 4 is 64.0 Å². The average molecular weight is 936 g/mol. The number of amides is 2. The first kappa shape index (κ1) is 52.2. The number of aliphatic hydroxyl groups excluding tert-OH is 2. The first-order chi connectivity index (χ1) is 28.2. The predicted octanol–water partition coefficient (Wildman–Crippen LogP) is 3.06. The van der Waals surface area contributed by atoms with E-state index in [1.54, 1.807) is 11.8 Å². The lowest BCUT2D eigenvalue weighted by Gasteiger charge is -2.30. The number of phosphoric ester groups is 3. The van der Waals surface area contributed by atoms with Crippen LogP contribution in [0.3, 0.4) is 0 Å². The monoisotopic (exact) mass is 935 g/mol. The molecule has 7 atom stereocenters. The minimum Gasteiger partial charge on any atom is -0.386 e. The number of aliphatic hydroxyl groups is 2. The fourth-order valence-corrected chi connectivity index (χ4v) is 9.68. The molecule has 2 aromatic rings. The van der Waals surface area contributed by atoms with E-state index >= 15 is 0 Å². The van der Waals surface area contributed by atoms with Crippen LogP contribution < -0.4 is 16.4 Å². The number of fused-ring (bicyclic) bond motifs is 1. The van der Waals surface area contributed by atoms with Gasteiger partial charge >= 0.3 is 23.5 Å². The van der Waals surface area contributed by atoms with Gasteiger partial charge in [-0.15, -0.1) is 0 Å². The number of carbonyl (C=O) groups is 2. The van der Waals surface area contributed by atoms with Gasteiger partial charge in [-0.2, -0.15) is 16.1 Å². The normalized spacial score (nSPS) is 21.1. The molecule has 60 heavy (non-hydrogen) atoms. The lowest BCUT2D eigenvalue weighted by Crippen LogP contribution is -2.46. The second kappa shape index (κ2) is 24.7. The van der Waals surface area contributed by atoms with Crippen LogP contribution in [0.5, 0.6) is 0 Å². The molecule has 23 nitrogen and oxygen atoms in total. The molecular formula is C33H60N7O16P3S. The van der Waals surface area contributed by atoms with E-state index in [0.29, 0.717) is 6.54 Å². The molecule has 27 heteroatoms. The zero-order chi connectivity index (χ0) is 44.6. The zero-order valence-corrected chi connectivity index (χ0v) is 37.4. The number of anilines is 1. The summed E-state index contributed by atoms with van der Waals surface area (Å²) in [5.41, 5.74) is 4.34. The molecule has 344 valence electrons. The Bertz CT molecular complexity index is 1810. The van der Waals surface area contributed by atoms with Crippen LogP contribution in [0.15, 0.2) is 12.7 Å². The smallest absolute Gasteiger partial charge is 0.386 e. The molecule has 0 bridgehead atoms. The van der Waals surface area contributed by atoms with Gasteiger partial charge in [0.05, 0.1) is 19.5 Å². The number of phosphoric acid groups is 3. The van der Waals surface area contributed by atoms with Crippen molar-refractivity contribution in [2.45, 2.75) is 122 Å². The number of nitrogens with two attached hydrogens (primary N) is 1. The first-order valence-corrected chi connectivity index (χ1v) is 25.3. The summed E-state index contributed by atoms with van der Waals surface area (Å²) in [4.78, 5) is 75.9. The highest BCUT2D eigenvalue weighted by Gasteiger charge is 2.50. The van der Waals surface area contributed by atoms with Crippen LogP contribution in [0.4, 0.5) is 5.82 Å². The summed E-state index contributed by atoms with van der Waals surface area (Å²) in [5, 5.41) is 26.7. The Balaban J connectivity index is 1.37. The molecule has 0 aliphatic carbocycles. The summed E-state index contributed by atoms with van der Waals surface area (Å²) in [7, 11) is -16.3. The van der Waals surface area contributed by atoms with Crippen molar-refractivity contribution in [1.82, 2.24) is 30.2 Å². The standard InChI is InChI=1S/C33H60N7O16P3S/c1-4-5-6-7-8-9-10-11-12-13-17-60-18-16-35-24(41)14-15-36-31(44)28(43)33(2,3)20-53-59(50,51)56-58(48,49)52-19-23-27(55-57(45,46)47)26(42)32(54-23)40-22-39-25-29(34)37-21-38-30(25)40/h21-23,26-28,32,42-43H,4-20H2,1-3H3,(H,35,41)(H,36,44)(H,48,49)(H,50,51)(H2,34,37,38)(H2,45,46,47)/t23-,26-,27-,28+,32-/m1/s1. The number of nitrogens with zero attached hydrogens (tertiary/aromatic N) is 4. The van der Waals surface area contributed by atoms with Gasteiger partial charge in [0, 0.05) is 30.7 Å². The number of hydrogen-bond donors (Lipinski definition) is 9. The molecule has 2 aromatic heterocycles. The minimum absolute atomic E-state index is 0.0323. The number of thioether (sulfide) groups is 1. The zero-order valence-electron chi connectivity index (χ0n) is 33.9. The Morgan fingerprint density at radius 2 is 1.57 bits per heavy atom. The van der Waals surface area contributed by atoms with Gasteiger partial charge in [-0.05, 0) is 12.2 Å². The number of aromatic nitrogens is 4. The molecule has 0 aromatic carbocycles. The van der Waals surface area contributed by atoms with Crippen molar-refractivity contribution in [3.63, 3.8) is 0 Å². The van der Waals surface area contributed by atoms with Crippen LogP contribution in [-0.4, -0.2) is 123 Å². The van der Waals surface area contributed by atoms with Gasteiger partial charge in [0.1, 0.15) is 36.3 Å². The number of imidazole rings is 1. The van der Waals surface area contributed by atoms with Crippen molar-refractivity contribution in [3.8, 4) is 0 Å². The van der Waals surface area contributed by atoms with E-state index < -0.39 is 78.6 Å². The fourth-order valence-electron chi connectivity index (χ4n) is 6.00. The summed E-state index contributed by atoms with van der Waals surface area (Å²) in [5.74, 6) is 0.527. The third-order valence-electron chi connectivity index (χ3n) is 9.29. The topological polar surface area (TPSA) is 347 Å². The largest absolute Gasteiger partial charge is 0.481 e. The maximum absolute atomic E-state index is 12.7. The third-order valence-corrected chi connectivity index (χ3v) is 13.5. The predicted molar refractivity (Wildman–Crippen MR) is 219 cm³/mol. The highest BCUT2D eigenvalue weighted by atomic mass is 32.2. The quantitative estimate of drug-likeness (QED) is 0.0401. The van der Waals surface area contributed by atoms with Crippen molar-refractivity contribution in [2.24, 2.45) is 5.41 Å². The van der Waals surface area contributed by atoms with Crippen LogP contribution in [0.2, 0.25) is 0 Å². The maximum atomic E-state index is 12.7. The van der Waals surface area contributed by atoms with Crippen molar-refractivity contribution in [3.05, 3.63) is 12.7 Å². The maximum Gasteiger partial charge on any atom is 0.481 e. The number of hydrogen-bond acceptors (Lipinski definition) is 17. The van der Waals surface area contributed by atoms with Crippen LogP contribution in [0.1, 0.15) is 97.6 Å². The number of nitrogen functional groups attached to an aromatic ring is 1. The van der Waals surface area contributed by atoms with E-state index in [9.17, 15) is 53.1 Å². The van der Waals surface area contributed by atoms with E-state index in [4.69, 9.17) is 19.5 Å². The second-order valence-corrected chi connectivity index (χ2v) is 20.3. The summed E-state index contributed by atoms with van der Waals surface area (Å²) < 4.78 is 62.3. The van der Waals surface area contributed by atoms with E-state index in [-0.39, 0.29) is 35.9 Å². The van der Waals surface area contributed by atoms with Crippen LogP contribution in [0.25, 0.3) is 11.2 Å². The van der Waals surface area contributed by atoms with Crippen LogP contribution >= 0.6 is 35.2 Å². The summed E-state index contributed by atoms with van der Waals surface area (Å²) in [6, 6.07) is 0. The van der Waals surface area contributed by atoms with Gasteiger partial charge in [0.25, 0.3) is 0 Å². The lowest BCUT2D eigenvalue weighted by atomic mass is 9.87. The van der Waals surface area contributed by atoms with Crippen LogP contribution in [-0.2, 0) is 45.9 Å². The molecule has 0 saturated carbocycles. The van der Waals surface area contributed by atoms with Gasteiger partial charge in [0.15, 0.2) is 17.7 Å². The SMILES string of the molecule is CCCCCCCCCCCCSCCNC(=O)CCNC(=O)[C@H](O)C(C)(C)COP(=O)(O)OP(=O)(O)OC[C@H]1O[C@@H](n2cnc3c(N)ncnc32)[C@H](O)[C@@H]1OP(=O)(O)O. The van der Waals surface area contributed by atoms with Gasteiger partial charge in [-0.25, -0.2) is 28.6 Å². The molecule has 3 rings (SSSR count). The van der Waals surface area contributed by atoms with Crippen molar-refractivity contribution in [2.75, 3.05) is 43.5 Å². The number of rotatable bonds is 30. The average Bonchev–Trinajstić information content (AvgIpc) is 3.73. The number of ether oxygens (including phenoxy) is 1. The summed E-state index contributed by atoms with van der Waals surface area (Å²) >= 11 is 1.76. The van der Waals surface area contributed by atoms with Crippen molar-refractivity contribution < 1.29 is 75.7 Å². The molecule has 1 aliphatic rings. The summed E-state index contributed by atoms with van der Waals surface area (Å²) in [6.07, 6.45) is 6.04. The van der Waals surface area contributed by atoms with Gasteiger partial charge in [0.2, 0.25) is 11.8 Å². The molecule has 3 heterocycles. The van der Waals surface area contributed by atoms with Gasteiger partial charge in [-0.3, -0.25) is 27.7 Å². The molecule has 0 spiro atoms. The van der Waals surface area contributed by atoms with Gasteiger partial charge in [-0.1, -0.05) is 78.6 Å². The molecular weight excluding hydrogens is 875 g/mol. The lowest BCUT2D eigenvalue weighted by molar-refractivity contribution is -0.137. The fraction of sp³-hybridized carbons (Fsp3) is 0.788. The Morgan fingerprint density at radius 1 is 0.933 bits per heavy atom.